The van der Waals surface area contributed by atoms with Crippen LogP contribution in [0.25, 0.3) is 0 Å². The van der Waals surface area contributed by atoms with Crippen molar-refractivity contribution in [2.75, 3.05) is 0 Å². The summed E-state index contributed by atoms with van der Waals surface area (Å²) in [6.45, 7) is -3.74. The average Bonchev–Trinajstić information content (AvgIpc) is 1.35. The molecule has 7 heteroatoms. The molecule has 0 aromatic heterocycles. The fourth-order valence-corrected chi connectivity index (χ4v) is 0. The normalized spacial score (nSPS) is 10.1. The van der Waals surface area contributed by atoms with Crippen LogP contribution < -0.4 is 0 Å². The Morgan fingerprint density at radius 2 is 1.71 bits per heavy atom. The molecule has 0 aliphatic heterocycles. The van der Waals surface area contributed by atoms with Crippen molar-refractivity contribution in [2.24, 2.45) is 0 Å². The summed E-state index contributed by atoms with van der Waals surface area (Å²) in [4.78, 5) is 15.8. The Morgan fingerprint density at radius 1 is 1.57 bits per heavy atom. The van der Waals surface area contributed by atoms with E-state index in [1.807, 2.05) is 0 Å². The van der Waals surface area contributed by atoms with Gasteiger partial charge in [-0.25, -0.2) is 4.57 Å². The van der Waals surface area contributed by atoms with Gasteiger partial charge in [-0.1, -0.05) is 0 Å². The Labute approximate surface area is 69.3 Å². The Balaban J connectivity index is 0. The summed E-state index contributed by atoms with van der Waals surface area (Å²) in [5.41, 5.74) is 0. The van der Waals surface area contributed by atoms with E-state index in [0.29, 0.717) is 8.55 Å². The van der Waals surface area contributed by atoms with Crippen LogP contribution in [-0.4, -0.2) is 28.6 Å². The van der Waals surface area contributed by atoms with Crippen molar-refractivity contribution in [3.05, 3.63) is 0 Å². The third-order valence-corrected chi connectivity index (χ3v) is 5.43. The van der Waals surface area contributed by atoms with Gasteiger partial charge in [0.2, 0.25) is 0 Å². The zero-order valence-electron chi connectivity index (χ0n) is 2.54. The van der Waals surface area contributed by atoms with Gasteiger partial charge in [-0.15, -0.1) is 0 Å². The predicted octanol–water partition coefficient (Wildman–Crippen LogP) is 0.514. The van der Waals surface area contributed by atoms with Gasteiger partial charge in [0.05, 0.1) is 0 Å². The summed E-state index contributed by atoms with van der Waals surface area (Å²) < 4.78 is 9.65. The molecule has 0 rings (SSSR count). The Kier molecular flexibility index (Phi) is 7.76. The fourth-order valence-electron chi connectivity index (χ4n) is 0. The molecular formula is H3ILiO3PS. The second-order valence-electron chi connectivity index (χ2n) is 0.560. The molecule has 0 amide bonds. The summed E-state index contributed by atoms with van der Waals surface area (Å²) in [6.07, 6.45) is 0. The molecule has 0 aliphatic carbocycles. The molecule has 0 unspecified atom stereocenters. The van der Waals surface area contributed by atoms with E-state index >= 15 is 0 Å². The van der Waals surface area contributed by atoms with E-state index in [4.69, 9.17) is 9.79 Å². The van der Waals surface area contributed by atoms with Crippen LogP contribution in [0.5, 0.6) is 0 Å². The molecule has 2 N–H and O–H groups in total. The third-order valence-electron chi connectivity index (χ3n) is 0.0899. The van der Waals surface area contributed by atoms with Gasteiger partial charge in [0.25, 0.3) is 0 Å². The van der Waals surface area contributed by atoms with E-state index in [2.05, 4.69) is 0 Å². The first-order chi connectivity index (χ1) is 2.56. The maximum atomic E-state index is 9.65. The minimum atomic E-state index is -3.74. The molecule has 40 valence electrons. The molecule has 0 aliphatic rings. The van der Waals surface area contributed by atoms with Gasteiger partial charge in [-0.3, -0.25) is 0 Å². The van der Waals surface area contributed by atoms with Crippen LogP contribution in [0.2, 0.25) is 0 Å². The summed E-state index contributed by atoms with van der Waals surface area (Å²) in [6, 6.07) is 0. The predicted molar refractivity (Wildman–Crippen MR) is 40.8 cm³/mol. The van der Waals surface area contributed by atoms with E-state index in [-0.39, 0.29) is 18.9 Å². The van der Waals surface area contributed by atoms with Crippen LogP contribution >= 0.6 is 36.6 Å². The van der Waals surface area contributed by atoms with Crippen LogP contribution in [0.4, 0.5) is 0 Å². The van der Waals surface area contributed by atoms with Crippen LogP contribution in [0.15, 0.2) is 0 Å². The summed E-state index contributed by atoms with van der Waals surface area (Å²) in [5, 5.41) is 0. The van der Waals surface area contributed by atoms with Gasteiger partial charge in [0.15, 0.2) is 0 Å². The van der Waals surface area contributed by atoms with E-state index in [1.165, 1.54) is 0 Å². The Bertz CT molecular complexity index is 79.0. The molecule has 0 bridgehead atoms. The summed E-state index contributed by atoms with van der Waals surface area (Å²) in [5.74, 6) is 0. The second kappa shape index (κ2) is 4.68. The molecule has 0 aromatic carbocycles. The molecular weight excluding hydrogens is 245 g/mol. The van der Waals surface area contributed by atoms with Gasteiger partial charge in [0.1, 0.15) is 0 Å². The first kappa shape index (κ1) is 11.6. The summed E-state index contributed by atoms with van der Waals surface area (Å²) >= 11 is 1.55. The van der Waals surface area contributed by atoms with Gasteiger partial charge in [-0.05, 0) is 0 Å². The van der Waals surface area contributed by atoms with Crippen molar-refractivity contribution in [1.29, 1.82) is 0 Å². The molecule has 0 atom stereocenters. The van der Waals surface area contributed by atoms with Crippen LogP contribution in [0.3, 0.4) is 0 Å². The number of hydrogen-bond donors (Lipinski definition) is 2. The zero-order valence-corrected chi connectivity index (χ0v) is 6.40. The first-order valence-electron chi connectivity index (χ1n) is 0.919. The van der Waals surface area contributed by atoms with E-state index in [1.54, 1.807) is 21.2 Å². The van der Waals surface area contributed by atoms with E-state index < -0.39 is 6.80 Å². The van der Waals surface area contributed by atoms with Gasteiger partial charge in [-0.2, -0.15) is 0 Å². The SMILES string of the molecule is O=P(O)(O)SI.[LiH]. The first-order valence-corrected chi connectivity index (χ1v) is 6.50. The molecule has 3 nitrogen and oxygen atoms in total. The van der Waals surface area contributed by atoms with Crippen LogP contribution in [-0.2, 0) is 4.57 Å². The van der Waals surface area contributed by atoms with Crippen LogP contribution in [0, 0.1) is 0 Å². The standard InChI is InChI=1S/H2IO3PS.Li.H/c1-6-5(2,3)4;;/h(H2,2,3,4);;. The van der Waals surface area contributed by atoms with Crippen LogP contribution in [0.1, 0.15) is 0 Å². The van der Waals surface area contributed by atoms with Crippen molar-refractivity contribution in [1.82, 2.24) is 0 Å². The van der Waals surface area contributed by atoms with Crippen molar-refractivity contribution in [3.63, 3.8) is 0 Å². The van der Waals surface area contributed by atoms with Crippen molar-refractivity contribution in [3.8, 4) is 0 Å². The third kappa shape index (κ3) is 11.4. The maximum absolute atomic E-state index is 9.65. The van der Waals surface area contributed by atoms with Gasteiger partial charge < -0.3 is 9.79 Å². The topological polar surface area (TPSA) is 57.5 Å². The number of halogens is 1. The quantitative estimate of drug-likeness (QED) is 0.403. The minimum absolute atomic E-state index is 0. The summed E-state index contributed by atoms with van der Waals surface area (Å²) in [7, 11) is 0.519. The Morgan fingerprint density at radius 3 is 1.71 bits per heavy atom. The molecule has 0 saturated heterocycles. The number of hydrogen-bond acceptors (Lipinski definition) is 2. The molecule has 0 spiro atoms. The van der Waals surface area contributed by atoms with E-state index in [0.717, 1.165) is 0 Å². The van der Waals surface area contributed by atoms with Crippen molar-refractivity contribution in [2.45, 2.75) is 0 Å². The fraction of sp³-hybridized carbons (Fsp3) is 0. The molecule has 0 radical (unpaired) electrons. The molecule has 0 aromatic rings. The molecule has 0 fully saturated rings. The number of rotatable bonds is 1. The molecule has 7 heavy (non-hydrogen) atoms. The van der Waals surface area contributed by atoms with E-state index in [9.17, 15) is 4.57 Å². The molecule has 0 saturated carbocycles. The van der Waals surface area contributed by atoms with Crippen molar-refractivity contribution < 1.29 is 14.4 Å². The molecule has 0 heterocycles. The zero-order chi connectivity index (χ0) is 5.21. The van der Waals surface area contributed by atoms with Gasteiger partial charge >= 0.3 is 25.7 Å². The monoisotopic (exact) mass is 248 g/mol. The van der Waals surface area contributed by atoms with Gasteiger partial charge in [0, 0.05) is 29.8 Å². The second-order valence-corrected chi connectivity index (χ2v) is 7.06. The Hall–Kier alpha value is 1.83. The van der Waals surface area contributed by atoms with Crippen molar-refractivity contribution >= 4 is 55.4 Å². The average molecular weight is 248 g/mol.